The number of thiocarbonyl (C=S) groups is 1. The fourth-order valence-corrected chi connectivity index (χ4v) is 5.58. The molecule has 2 heterocycles. The molecule has 0 aliphatic carbocycles. The van der Waals surface area contributed by atoms with Gasteiger partial charge in [0.15, 0.2) is 22.3 Å². The Morgan fingerprint density at radius 1 is 1.08 bits per heavy atom. The van der Waals surface area contributed by atoms with Crippen LogP contribution < -0.4 is 29.7 Å². The van der Waals surface area contributed by atoms with Crippen molar-refractivity contribution in [2.75, 3.05) is 23.4 Å². The van der Waals surface area contributed by atoms with Gasteiger partial charge in [0.2, 0.25) is 5.91 Å². The van der Waals surface area contributed by atoms with Crippen molar-refractivity contribution in [3.05, 3.63) is 77.3 Å². The van der Waals surface area contributed by atoms with Gasteiger partial charge in [0, 0.05) is 22.0 Å². The van der Waals surface area contributed by atoms with Gasteiger partial charge in [-0.2, -0.15) is 0 Å². The Balaban J connectivity index is 1.61. The van der Waals surface area contributed by atoms with Crippen LogP contribution in [0.1, 0.15) is 32.4 Å². The van der Waals surface area contributed by atoms with E-state index in [2.05, 4.69) is 10.6 Å². The standard InChI is InChI=1S/C28H28ClN3O4S/c1-4-34-20-15-13-19(14-16-20)32-27(37)31-24-21-7-6-8-22(35-5-2)25(21)36-28(32,3)23(24)26(33)30-18-11-9-17(29)10-12-18/h6-16,23-24H,4-5H2,1-3H3,(H,30,33)(H,31,37)/t23-,24+,28+/m1/s1. The highest BCUT2D eigenvalue weighted by Crippen LogP contribution is 2.52. The Morgan fingerprint density at radius 3 is 2.46 bits per heavy atom. The SMILES string of the molecule is CCOc1ccc(N2C(=S)N[C@H]3c4cccc(OCC)c4O[C@@]2(C)[C@H]3C(=O)Nc2ccc(Cl)cc2)cc1. The summed E-state index contributed by atoms with van der Waals surface area (Å²) in [5, 5.41) is 7.51. The quantitative estimate of drug-likeness (QED) is 0.361. The van der Waals surface area contributed by atoms with Crippen molar-refractivity contribution < 1.29 is 19.0 Å². The number of nitrogens with zero attached hydrogens (tertiary/aromatic N) is 1. The van der Waals surface area contributed by atoms with E-state index < -0.39 is 17.7 Å². The van der Waals surface area contributed by atoms with Crippen LogP contribution in [0.3, 0.4) is 0 Å². The van der Waals surface area contributed by atoms with Crippen molar-refractivity contribution in [1.82, 2.24) is 5.32 Å². The smallest absolute Gasteiger partial charge is 0.236 e. The number of halogens is 1. The highest BCUT2D eigenvalue weighted by atomic mass is 35.5. The molecule has 7 nitrogen and oxygen atoms in total. The number of para-hydroxylation sites is 1. The van der Waals surface area contributed by atoms with E-state index in [1.165, 1.54) is 0 Å². The lowest BCUT2D eigenvalue weighted by Crippen LogP contribution is -2.72. The Hall–Kier alpha value is -3.49. The van der Waals surface area contributed by atoms with Crippen molar-refractivity contribution in [2.24, 2.45) is 5.92 Å². The van der Waals surface area contributed by atoms with E-state index in [4.69, 9.17) is 38.0 Å². The number of fused-ring (bicyclic) bond motifs is 4. The zero-order valence-corrected chi connectivity index (χ0v) is 22.4. The molecule has 2 aliphatic rings. The van der Waals surface area contributed by atoms with Gasteiger partial charge in [-0.05, 0) is 87.6 Å². The molecule has 9 heteroatoms. The van der Waals surface area contributed by atoms with Gasteiger partial charge in [-0.3, -0.25) is 9.69 Å². The third-order valence-corrected chi connectivity index (χ3v) is 7.14. The molecule has 2 aliphatic heterocycles. The Morgan fingerprint density at radius 2 is 1.78 bits per heavy atom. The fourth-order valence-electron chi connectivity index (χ4n) is 5.04. The van der Waals surface area contributed by atoms with Gasteiger partial charge in [-0.25, -0.2) is 0 Å². The lowest BCUT2D eigenvalue weighted by atomic mass is 9.78. The number of anilines is 2. The molecular weight excluding hydrogens is 510 g/mol. The molecule has 0 saturated carbocycles. The maximum absolute atomic E-state index is 13.9. The zero-order valence-electron chi connectivity index (χ0n) is 20.8. The van der Waals surface area contributed by atoms with E-state index in [9.17, 15) is 4.79 Å². The number of amides is 1. The molecule has 1 fully saturated rings. The molecule has 3 aromatic rings. The van der Waals surface area contributed by atoms with Crippen molar-refractivity contribution >= 4 is 46.2 Å². The Labute approximate surface area is 226 Å². The van der Waals surface area contributed by atoms with Crippen molar-refractivity contribution in [1.29, 1.82) is 0 Å². The van der Waals surface area contributed by atoms with Crippen LogP contribution in [0.15, 0.2) is 66.7 Å². The van der Waals surface area contributed by atoms with E-state index in [1.54, 1.807) is 24.3 Å². The minimum atomic E-state index is -1.17. The first-order valence-corrected chi connectivity index (χ1v) is 13.0. The third kappa shape index (κ3) is 4.55. The number of nitrogens with one attached hydrogen (secondary N) is 2. The molecule has 0 radical (unpaired) electrons. The summed E-state index contributed by atoms with van der Waals surface area (Å²) in [6.45, 7) is 6.80. The molecule has 2 N–H and O–H groups in total. The maximum Gasteiger partial charge on any atom is 0.236 e. The van der Waals surface area contributed by atoms with Crippen LogP contribution in [0, 0.1) is 5.92 Å². The van der Waals surface area contributed by atoms with E-state index in [-0.39, 0.29) is 5.91 Å². The van der Waals surface area contributed by atoms with Crippen molar-refractivity contribution in [2.45, 2.75) is 32.5 Å². The summed E-state index contributed by atoms with van der Waals surface area (Å²) >= 11 is 11.9. The van der Waals surface area contributed by atoms with Gasteiger partial charge < -0.3 is 24.8 Å². The normalized spacial score (nSPS) is 21.8. The Bertz CT molecular complexity index is 1320. The van der Waals surface area contributed by atoms with E-state index >= 15 is 0 Å². The minimum Gasteiger partial charge on any atom is -0.494 e. The number of carbonyl (C=O) groups is 1. The zero-order chi connectivity index (χ0) is 26.2. The molecule has 1 saturated heterocycles. The molecule has 2 bridgehead atoms. The summed E-state index contributed by atoms with van der Waals surface area (Å²) in [5.41, 5.74) is 1.05. The Kier molecular flexibility index (Phi) is 6.88. The molecule has 3 atom stereocenters. The number of carbonyl (C=O) groups excluding carboxylic acids is 1. The van der Waals surface area contributed by atoms with Crippen LogP contribution in [0.4, 0.5) is 11.4 Å². The summed E-state index contributed by atoms with van der Waals surface area (Å²) in [5.74, 6) is 1.07. The summed E-state index contributed by atoms with van der Waals surface area (Å²) in [7, 11) is 0. The highest BCUT2D eigenvalue weighted by Gasteiger charge is 2.59. The van der Waals surface area contributed by atoms with Gasteiger partial charge >= 0.3 is 0 Å². The first-order chi connectivity index (χ1) is 17.9. The van der Waals surface area contributed by atoms with E-state index in [1.807, 2.05) is 68.1 Å². The minimum absolute atomic E-state index is 0.215. The summed E-state index contributed by atoms with van der Waals surface area (Å²) in [6, 6.07) is 19.8. The number of benzene rings is 3. The second kappa shape index (κ2) is 10.1. The first kappa shape index (κ1) is 25.2. The predicted octanol–water partition coefficient (Wildman–Crippen LogP) is 5.94. The second-order valence-corrected chi connectivity index (χ2v) is 9.75. The number of rotatable bonds is 7. The molecule has 0 unspecified atom stereocenters. The van der Waals surface area contributed by atoms with Gasteiger partial charge in [0.1, 0.15) is 11.7 Å². The van der Waals surface area contributed by atoms with Crippen molar-refractivity contribution in [3.63, 3.8) is 0 Å². The summed E-state index contributed by atoms with van der Waals surface area (Å²) in [6.07, 6.45) is 0. The van der Waals surface area contributed by atoms with Gasteiger partial charge in [0.05, 0.1) is 19.3 Å². The molecule has 1 amide bonds. The van der Waals surface area contributed by atoms with Crippen LogP contribution in [0.25, 0.3) is 0 Å². The lowest BCUT2D eigenvalue weighted by Gasteiger charge is -2.56. The first-order valence-electron chi connectivity index (χ1n) is 12.2. The molecule has 192 valence electrons. The van der Waals surface area contributed by atoms with Crippen LogP contribution in [0.2, 0.25) is 5.02 Å². The van der Waals surface area contributed by atoms with Crippen LogP contribution >= 0.6 is 23.8 Å². The predicted molar refractivity (Wildman–Crippen MR) is 149 cm³/mol. The van der Waals surface area contributed by atoms with Gasteiger partial charge in [-0.1, -0.05) is 23.7 Å². The number of hydrogen-bond donors (Lipinski definition) is 2. The number of ether oxygens (including phenoxy) is 3. The molecule has 37 heavy (non-hydrogen) atoms. The monoisotopic (exact) mass is 537 g/mol. The lowest BCUT2D eigenvalue weighted by molar-refractivity contribution is -0.130. The van der Waals surface area contributed by atoms with Crippen LogP contribution in [-0.4, -0.2) is 30.0 Å². The van der Waals surface area contributed by atoms with Crippen LogP contribution in [-0.2, 0) is 4.79 Å². The maximum atomic E-state index is 13.9. The summed E-state index contributed by atoms with van der Waals surface area (Å²) in [4.78, 5) is 15.8. The number of hydrogen-bond acceptors (Lipinski definition) is 5. The van der Waals surface area contributed by atoms with Gasteiger partial charge in [-0.15, -0.1) is 0 Å². The van der Waals surface area contributed by atoms with E-state index in [0.717, 1.165) is 17.0 Å². The van der Waals surface area contributed by atoms with Crippen LogP contribution in [0.5, 0.6) is 17.2 Å². The average Bonchev–Trinajstić information content (AvgIpc) is 2.87. The molecular formula is C28H28ClN3O4S. The molecule has 0 aromatic heterocycles. The summed E-state index contributed by atoms with van der Waals surface area (Å²) < 4.78 is 18.3. The van der Waals surface area contributed by atoms with Crippen molar-refractivity contribution in [3.8, 4) is 17.2 Å². The topological polar surface area (TPSA) is 72.1 Å². The molecule has 5 rings (SSSR count). The fraction of sp³-hybridized carbons (Fsp3) is 0.286. The third-order valence-electron chi connectivity index (χ3n) is 6.59. The second-order valence-electron chi connectivity index (χ2n) is 8.93. The largest absolute Gasteiger partial charge is 0.494 e. The molecule has 3 aromatic carbocycles. The van der Waals surface area contributed by atoms with Gasteiger partial charge in [0.25, 0.3) is 0 Å². The highest BCUT2D eigenvalue weighted by molar-refractivity contribution is 7.80. The van der Waals surface area contributed by atoms with E-state index in [0.29, 0.717) is 40.5 Å². The molecule has 0 spiro atoms. The average molecular weight is 538 g/mol.